The molecule has 1 saturated heterocycles. The summed E-state index contributed by atoms with van der Waals surface area (Å²) in [5.41, 5.74) is 1.21. The molecular weight excluding hydrogens is 276 g/mol. The van der Waals surface area contributed by atoms with Crippen molar-refractivity contribution in [1.29, 1.82) is 5.26 Å². The van der Waals surface area contributed by atoms with Crippen LogP contribution in [0, 0.1) is 17.2 Å². The van der Waals surface area contributed by atoms with Gasteiger partial charge in [0.1, 0.15) is 0 Å². The van der Waals surface area contributed by atoms with E-state index in [9.17, 15) is 8.42 Å². The number of rotatable bonds is 4. The third-order valence-electron chi connectivity index (χ3n) is 3.66. The zero-order valence-electron chi connectivity index (χ0n) is 11.2. The van der Waals surface area contributed by atoms with Gasteiger partial charge in [-0.05, 0) is 36.5 Å². The molecule has 0 aliphatic carbocycles. The number of sulfonamides is 1. The highest BCUT2D eigenvalue weighted by atomic mass is 32.2. The number of aliphatic hydroxyl groups excluding tert-OH is 1. The fourth-order valence-electron chi connectivity index (χ4n) is 2.35. The van der Waals surface area contributed by atoms with E-state index in [4.69, 9.17) is 10.4 Å². The maximum Gasteiger partial charge on any atom is 0.218 e. The van der Waals surface area contributed by atoms with Crippen LogP contribution in [-0.4, -0.2) is 37.5 Å². The summed E-state index contributed by atoms with van der Waals surface area (Å²) in [6.45, 7) is 1.08. The predicted octanol–water partition coefficient (Wildman–Crippen LogP) is 1.09. The van der Waals surface area contributed by atoms with Gasteiger partial charge in [0.25, 0.3) is 0 Å². The molecular formula is C14H18N2O3S. The Kier molecular flexibility index (Phi) is 4.76. The number of benzene rings is 1. The Morgan fingerprint density at radius 2 is 1.85 bits per heavy atom. The first-order chi connectivity index (χ1) is 9.55. The lowest BCUT2D eigenvalue weighted by Gasteiger charge is -2.30. The minimum Gasteiger partial charge on any atom is -0.396 e. The summed E-state index contributed by atoms with van der Waals surface area (Å²) in [7, 11) is -3.32. The molecule has 1 N–H and O–H groups in total. The van der Waals surface area contributed by atoms with Crippen LogP contribution in [0.15, 0.2) is 24.3 Å². The second-order valence-electron chi connectivity index (χ2n) is 5.09. The van der Waals surface area contributed by atoms with E-state index >= 15 is 0 Å². The normalized spacial score (nSPS) is 17.8. The average Bonchev–Trinajstić information content (AvgIpc) is 2.48. The summed E-state index contributed by atoms with van der Waals surface area (Å²) in [5.74, 6) is 0.180. The van der Waals surface area contributed by atoms with Gasteiger partial charge in [-0.25, -0.2) is 12.7 Å². The quantitative estimate of drug-likeness (QED) is 0.901. The van der Waals surface area contributed by atoms with Crippen LogP contribution in [0.1, 0.15) is 24.0 Å². The molecule has 2 rings (SSSR count). The Morgan fingerprint density at radius 1 is 1.25 bits per heavy atom. The summed E-state index contributed by atoms with van der Waals surface area (Å²) in [5, 5.41) is 17.8. The average molecular weight is 294 g/mol. The molecule has 0 bridgehead atoms. The van der Waals surface area contributed by atoms with Crippen LogP contribution in [0.2, 0.25) is 0 Å². The van der Waals surface area contributed by atoms with E-state index in [2.05, 4.69) is 0 Å². The molecule has 1 fully saturated rings. The van der Waals surface area contributed by atoms with E-state index < -0.39 is 10.0 Å². The summed E-state index contributed by atoms with van der Waals surface area (Å²) >= 11 is 0. The highest BCUT2D eigenvalue weighted by molar-refractivity contribution is 7.88. The Labute approximate surface area is 119 Å². The van der Waals surface area contributed by atoms with E-state index in [-0.39, 0.29) is 18.3 Å². The van der Waals surface area contributed by atoms with Gasteiger partial charge in [-0.1, -0.05) is 12.1 Å². The molecule has 1 aromatic rings. The van der Waals surface area contributed by atoms with Gasteiger partial charge in [0, 0.05) is 19.7 Å². The fourth-order valence-corrected chi connectivity index (χ4v) is 3.91. The van der Waals surface area contributed by atoms with Gasteiger partial charge in [0.05, 0.1) is 17.4 Å². The van der Waals surface area contributed by atoms with Crippen LogP contribution in [0.5, 0.6) is 0 Å². The van der Waals surface area contributed by atoms with E-state index in [0.717, 1.165) is 0 Å². The minimum atomic E-state index is -3.32. The molecule has 1 aromatic carbocycles. The highest BCUT2D eigenvalue weighted by Gasteiger charge is 2.27. The van der Waals surface area contributed by atoms with Gasteiger partial charge in [0.15, 0.2) is 0 Å². The van der Waals surface area contributed by atoms with E-state index in [1.54, 1.807) is 24.3 Å². The Hall–Kier alpha value is -1.42. The molecule has 1 aliphatic rings. The van der Waals surface area contributed by atoms with Crippen LogP contribution in [0.25, 0.3) is 0 Å². The first kappa shape index (κ1) is 15.0. The molecule has 1 aliphatic heterocycles. The maximum atomic E-state index is 12.3. The van der Waals surface area contributed by atoms with Crippen LogP contribution in [0.4, 0.5) is 0 Å². The van der Waals surface area contributed by atoms with Crippen LogP contribution in [0.3, 0.4) is 0 Å². The van der Waals surface area contributed by atoms with E-state index in [1.165, 1.54) is 4.31 Å². The summed E-state index contributed by atoms with van der Waals surface area (Å²) < 4.78 is 26.1. The van der Waals surface area contributed by atoms with Gasteiger partial charge < -0.3 is 5.11 Å². The SMILES string of the molecule is N#Cc1ccc(CS(=O)(=O)N2CCC(CO)CC2)cc1. The summed E-state index contributed by atoms with van der Waals surface area (Å²) in [6.07, 6.45) is 1.42. The monoisotopic (exact) mass is 294 g/mol. The van der Waals surface area contributed by atoms with Crippen molar-refractivity contribution in [2.75, 3.05) is 19.7 Å². The topological polar surface area (TPSA) is 81.4 Å². The first-order valence-corrected chi connectivity index (χ1v) is 8.24. The lowest BCUT2D eigenvalue weighted by molar-refractivity contribution is 0.170. The molecule has 0 amide bonds. The van der Waals surface area contributed by atoms with Gasteiger partial charge in [-0.3, -0.25) is 0 Å². The largest absolute Gasteiger partial charge is 0.396 e. The van der Waals surface area contributed by atoms with Crippen molar-refractivity contribution >= 4 is 10.0 Å². The maximum absolute atomic E-state index is 12.3. The molecule has 0 aromatic heterocycles. The first-order valence-electron chi connectivity index (χ1n) is 6.63. The fraction of sp³-hybridized carbons (Fsp3) is 0.500. The van der Waals surface area contributed by atoms with E-state index in [0.29, 0.717) is 37.1 Å². The number of nitriles is 1. The number of hydrogen-bond acceptors (Lipinski definition) is 4. The van der Waals surface area contributed by atoms with Crippen molar-refractivity contribution in [1.82, 2.24) is 4.31 Å². The van der Waals surface area contributed by atoms with Crippen molar-refractivity contribution in [2.24, 2.45) is 5.92 Å². The molecule has 20 heavy (non-hydrogen) atoms. The lowest BCUT2D eigenvalue weighted by Crippen LogP contribution is -2.39. The van der Waals surface area contributed by atoms with Gasteiger partial charge in [-0.15, -0.1) is 0 Å². The molecule has 0 radical (unpaired) electrons. The standard InChI is InChI=1S/C14H18N2O3S/c15-9-12-1-3-14(4-2-12)11-20(18,19)16-7-5-13(10-17)6-8-16/h1-4,13,17H,5-8,10-11H2. The van der Waals surface area contributed by atoms with Crippen LogP contribution >= 0.6 is 0 Å². The molecule has 108 valence electrons. The minimum absolute atomic E-state index is 0.0392. The molecule has 5 nitrogen and oxygen atoms in total. The van der Waals surface area contributed by atoms with Gasteiger partial charge >= 0.3 is 0 Å². The third-order valence-corrected chi connectivity index (χ3v) is 5.51. The Morgan fingerprint density at radius 3 is 2.35 bits per heavy atom. The molecule has 0 saturated carbocycles. The zero-order chi connectivity index (χ0) is 14.6. The number of nitrogens with zero attached hydrogens (tertiary/aromatic N) is 2. The number of piperidine rings is 1. The Bertz CT molecular complexity index is 582. The van der Waals surface area contributed by atoms with Crippen molar-refractivity contribution in [3.8, 4) is 6.07 Å². The van der Waals surface area contributed by atoms with Crippen molar-refractivity contribution in [3.05, 3.63) is 35.4 Å². The van der Waals surface area contributed by atoms with E-state index in [1.807, 2.05) is 6.07 Å². The van der Waals surface area contributed by atoms with Crippen molar-refractivity contribution in [2.45, 2.75) is 18.6 Å². The van der Waals surface area contributed by atoms with Crippen molar-refractivity contribution in [3.63, 3.8) is 0 Å². The zero-order valence-corrected chi connectivity index (χ0v) is 12.0. The summed E-state index contributed by atoms with van der Waals surface area (Å²) in [4.78, 5) is 0. The summed E-state index contributed by atoms with van der Waals surface area (Å²) in [6, 6.07) is 8.62. The molecule has 0 unspecified atom stereocenters. The second-order valence-corrected chi connectivity index (χ2v) is 7.06. The Balaban J connectivity index is 2.02. The van der Waals surface area contributed by atoms with Crippen LogP contribution < -0.4 is 0 Å². The molecule has 0 atom stereocenters. The highest BCUT2D eigenvalue weighted by Crippen LogP contribution is 2.21. The van der Waals surface area contributed by atoms with Crippen LogP contribution in [-0.2, 0) is 15.8 Å². The van der Waals surface area contributed by atoms with Crippen molar-refractivity contribution < 1.29 is 13.5 Å². The second kappa shape index (κ2) is 6.35. The molecule has 1 heterocycles. The third kappa shape index (κ3) is 3.57. The van der Waals surface area contributed by atoms with Gasteiger partial charge in [0.2, 0.25) is 10.0 Å². The predicted molar refractivity (Wildman–Crippen MR) is 75.2 cm³/mol. The lowest BCUT2D eigenvalue weighted by atomic mass is 10.00. The van der Waals surface area contributed by atoms with Gasteiger partial charge in [-0.2, -0.15) is 5.26 Å². The number of hydrogen-bond donors (Lipinski definition) is 1. The number of aliphatic hydroxyl groups is 1. The molecule has 6 heteroatoms. The smallest absolute Gasteiger partial charge is 0.218 e. The molecule has 0 spiro atoms.